The average Bonchev–Trinajstić information content (AvgIpc) is 2.30. The van der Waals surface area contributed by atoms with Crippen LogP contribution in [0.4, 0.5) is 0 Å². The maximum absolute atomic E-state index is 4.74. The van der Waals surface area contributed by atoms with Crippen LogP contribution in [-0.2, 0) is 6.42 Å². The maximum atomic E-state index is 4.74. The SMILES string of the molecule is CN(C)C1=NCC2CCCc3cccc1c32. The molecule has 2 heteroatoms. The molecule has 0 saturated heterocycles. The van der Waals surface area contributed by atoms with Gasteiger partial charge in [0.2, 0.25) is 0 Å². The van der Waals surface area contributed by atoms with Crippen LogP contribution in [0.5, 0.6) is 0 Å². The average molecular weight is 214 g/mol. The van der Waals surface area contributed by atoms with Crippen LogP contribution in [0.15, 0.2) is 23.2 Å². The zero-order valence-electron chi connectivity index (χ0n) is 10.0. The van der Waals surface area contributed by atoms with E-state index < -0.39 is 0 Å². The number of nitrogens with zero attached hydrogens (tertiary/aromatic N) is 2. The van der Waals surface area contributed by atoms with E-state index in [-0.39, 0.29) is 0 Å². The van der Waals surface area contributed by atoms with Gasteiger partial charge in [-0.3, -0.25) is 4.99 Å². The standard InChI is InChI=1S/C14H18N2/c1-16(2)14-12-8-4-6-10-5-3-7-11(9-15-14)13(10)12/h4,6,8,11H,3,5,7,9H2,1-2H3. The Morgan fingerprint density at radius 3 is 3.00 bits per heavy atom. The highest BCUT2D eigenvalue weighted by Gasteiger charge is 2.28. The summed E-state index contributed by atoms with van der Waals surface area (Å²) in [5.41, 5.74) is 4.52. The van der Waals surface area contributed by atoms with Gasteiger partial charge in [0.15, 0.2) is 0 Å². The fourth-order valence-electron chi connectivity index (χ4n) is 3.04. The van der Waals surface area contributed by atoms with Crippen molar-refractivity contribution in [2.75, 3.05) is 20.6 Å². The van der Waals surface area contributed by atoms with Crippen molar-refractivity contribution in [1.82, 2.24) is 4.90 Å². The molecule has 1 aromatic carbocycles. The van der Waals surface area contributed by atoms with Crippen molar-refractivity contribution in [3.05, 3.63) is 34.9 Å². The van der Waals surface area contributed by atoms with Crippen LogP contribution >= 0.6 is 0 Å². The molecule has 1 unspecified atom stereocenters. The summed E-state index contributed by atoms with van der Waals surface area (Å²) in [6.07, 6.45) is 3.89. The first kappa shape index (κ1) is 9.88. The van der Waals surface area contributed by atoms with Gasteiger partial charge < -0.3 is 4.90 Å². The lowest BCUT2D eigenvalue weighted by Gasteiger charge is -2.32. The Kier molecular flexibility index (Phi) is 2.23. The summed E-state index contributed by atoms with van der Waals surface area (Å²) in [5.74, 6) is 1.85. The molecule has 2 aliphatic rings. The fourth-order valence-corrected chi connectivity index (χ4v) is 3.04. The summed E-state index contributed by atoms with van der Waals surface area (Å²) < 4.78 is 0. The topological polar surface area (TPSA) is 15.6 Å². The van der Waals surface area contributed by atoms with Crippen LogP contribution in [0.3, 0.4) is 0 Å². The van der Waals surface area contributed by atoms with Crippen LogP contribution in [0, 0.1) is 0 Å². The third-order valence-electron chi connectivity index (χ3n) is 3.73. The van der Waals surface area contributed by atoms with Crippen LogP contribution < -0.4 is 0 Å². The van der Waals surface area contributed by atoms with E-state index in [1.54, 1.807) is 11.1 Å². The molecule has 0 N–H and O–H groups in total. The predicted octanol–water partition coefficient (Wildman–Crippen LogP) is 2.43. The van der Waals surface area contributed by atoms with Gasteiger partial charge in [-0.05, 0) is 30.4 Å². The zero-order valence-corrected chi connectivity index (χ0v) is 10.0. The third-order valence-corrected chi connectivity index (χ3v) is 3.73. The van der Waals surface area contributed by atoms with Crippen molar-refractivity contribution < 1.29 is 0 Å². The number of amidine groups is 1. The molecule has 0 bridgehead atoms. The van der Waals surface area contributed by atoms with Crippen molar-refractivity contribution in [2.24, 2.45) is 4.99 Å². The molecule has 1 aromatic rings. The van der Waals surface area contributed by atoms with Gasteiger partial charge in [-0.1, -0.05) is 18.2 Å². The van der Waals surface area contributed by atoms with Crippen molar-refractivity contribution in [3.8, 4) is 0 Å². The van der Waals surface area contributed by atoms with Gasteiger partial charge in [-0.25, -0.2) is 0 Å². The lowest BCUT2D eigenvalue weighted by molar-refractivity contribution is 0.536. The molecule has 0 spiro atoms. The van der Waals surface area contributed by atoms with Crippen molar-refractivity contribution in [1.29, 1.82) is 0 Å². The highest BCUT2D eigenvalue weighted by Crippen LogP contribution is 2.37. The summed E-state index contributed by atoms with van der Waals surface area (Å²) in [5, 5.41) is 0. The first-order valence-electron chi connectivity index (χ1n) is 6.11. The van der Waals surface area contributed by atoms with Crippen LogP contribution in [0.2, 0.25) is 0 Å². The second-order valence-electron chi connectivity index (χ2n) is 5.03. The largest absolute Gasteiger partial charge is 0.363 e. The Morgan fingerprint density at radius 2 is 2.19 bits per heavy atom. The van der Waals surface area contributed by atoms with E-state index in [0.717, 1.165) is 12.4 Å². The molecule has 1 heterocycles. The quantitative estimate of drug-likeness (QED) is 0.647. The molecule has 1 aliphatic heterocycles. The highest BCUT2D eigenvalue weighted by atomic mass is 15.1. The highest BCUT2D eigenvalue weighted by molar-refractivity contribution is 6.01. The third kappa shape index (κ3) is 1.36. The van der Waals surface area contributed by atoms with Crippen molar-refractivity contribution in [2.45, 2.75) is 25.2 Å². The van der Waals surface area contributed by atoms with E-state index in [0.29, 0.717) is 5.92 Å². The summed E-state index contributed by atoms with van der Waals surface area (Å²) in [6, 6.07) is 6.71. The predicted molar refractivity (Wildman–Crippen MR) is 67.2 cm³/mol. The molecular weight excluding hydrogens is 196 g/mol. The number of aryl methyl sites for hydroxylation is 1. The zero-order chi connectivity index (χ0) is 11.1. The van der Waals surface area contributed by atoms with E-state index >= 15 is 0 Å². The van der Waals surface area contributed by atoms with Crippen molar-refractivity contribution >= 4 is 5.84 Å². The number of hydrogen-bond donors (Lipinski definition) is 0. The molecule has 2 nitrogen and oxygen atoms in total. The molecule has 0 saturated carbocycles. The minimum absolute atomic E-state index is 0.684. The summed E-state index contributed by atoms with van der Waals surface area (Å²) in [6.45, 7) is 0.984. The summed E-state index contributed by atoms with van der Waals surface area (Å²) >= 11 is 0. The van der Waals surface area contributed by atoms with E-state index in [1.165, 1.54) is 24.8 Å². The number of rotatable bonds is 0. The van der Waals surface area contributed by atoms with Gasteiger partial charge in [0.1, 0.15) is 5.84 Å². The Hall–Kier alpha value is -1.31. The van der Waals surface area contributed by atoms with Gasteiger partial charge in [0, 0.05) is 32.1 Å². The monoisotopic (exact) mass is 214 g/mol. The Labute approximate surface area is 97.0 Å². The first-order valence-corrected chi connectivity index (χ1v) is 6.11. The van der Waals surface area contributed by atoms with Gasteiger partial charge in [0.05, 0.1) is 0 Å². The maximum Gasteiger partial charge on any atom is 0.130 e. The lowest BCUT2D eigenvalue weighted by atomic mass is 9.78. The van der Waals surface area contributed by atoms with E-state index in [2.05, 4.69) is 37.2 Å². The van der Waals surface area contributed by atoms with Gasteiger partial charge in [-0.2, -0.15) is 0 Å². The van der Waals surface area contributed by atoms with Crippen LogP contribution in [0.25, 0.3) is 0 Å². The first-order chi connectivity index (χ1) is 7.77. The second-order valence-corrected chi connectivity index (χ2v) is 5.03. The molecule has 84 valence electrons. The summed E-state index contributed by atoms with van der Waals surface area (Å²) in [7, 11) is 4.17. The van der Waals surface area contributed by atoms with E-state index in [4.69, 9.17) is 4.99 Å². The fraction of sp³-hybridized carbons (Fsp3) is 0.500. The molecule has 16 heavy (non-hydrogen) atoms. The van der Waals surface area contributed by atoms with Crippen molar-refractivity contribution in [3.63, 3.8) is 0 Å². The Morgan fingerprint density at radius 1 is 1.31 bits per heavy atom. The molecule has 0 radical (unpaired) electrons. The Balaban J connectivity index is 2.17. The minimum atomic E-state index is 0.684. The molecule has 1 aliphatic carbocycles. The van der Waals surface area contributed by atoms with Crippen LogP contribution in [0.1, 0.15) is 35.4 Å². The van der Waals surface area contributed by atoms with Crippen LogP contribution in [-0.4, -0.2) is 31.4 Å². The molecule has 1 atom stereocenters. The van der Waals surface area contributed by atoms with Gasteiger partial charge in [-0.15, -0.1) is 0 Å². The Bertz CT molecular complexity index is 446. The number of benzene rings is 1. The van der Waals surface area contributed by atoms with Gasteiger partial charge >= 0.3 is 0 Å². The second kappa shape index (κ2) is 3.62. The molecule has 3 rings (SSSR count). The lowest BCUT2D eigenvalue weighted by Crippen LogP contribution is -2.31. The van der Waals surface area contributed by atoms with Gasteiger partial charge in [0.25, 0.3) is 0 Å². The molecule has 0 aromatic heterocycles. The molecular formula is C14H18N2. The molecule has 0 amide bonds. The normalized spacial score (nSPS) is 22.4. The van der Waals surface area contributed by atoms with E-state index in [1.807, 2.05) is 0 Å². The number of aliphatic imine (C=N–C) groups is 1. The minimum Gasteiger partial charge on any atom is -0.363 e. The number of hydrogen-bond acceptors (Lipinski definition) is 2. The van der Waals surface area contributed by atoms with E-state index in [9.17, 15) is 0 Å². The smallest absolute Gasteiger partial charge is 0.130 e. The summed E-state index contributed by atoms with van der Waals surface area (Å²) in [4.78, 5) is 6.88. The molecule has 0 fully saturated rings.